The van der Waals surface area contributed by atoms with E-state index in [0.29, 0.717) is 23.8 Å². The summed E-state index contributed by atoms with van der Waals surface area (Å²) in [6.07, 6.45) is 0.757. The number of piperazine rings is 1. The third-order valence-corrected chi connectivity index (χ3v) is 4.95. The summed E-state index contributed by atoms with van der Waals surface area (Å²) in [5, 5.41) is 7.11. The normalized spacial score (nSPS) is 17.0. The summed E-state index contributed by atoms with van der Waals surface area (Å²) in [5.41, 5.74) is 0.548. The lowest BCUT2D eigenvalue weighted by Gasteiger charge is -2.40. The maximum absolute atomic E-state index is 14.2. The number of aromatic nitrogens is 2. The molecule has 28 heavy (non-hydrogen) atoms. The molecule has 2 aromatic rings. The zero-order chi connectivity index (χ0) is 20.1. The van der Waals surface area contributed by atoms with Crippen LogP contribution in [0.1, 0.15) is 36.7 Å². The van der Waals surface area contributed by atoms with Crippen LogP contribution >= 0.6 is 0 Å². The Hall–Kier alpha value is -2.55. The summed E-state index contributed by atoms with van der Waals surface area (Å²) in [6.45, 7) is 7.23. The van der Waals surface area contributed by atoms with Crippen LogP contribution in [0, 0.1) is 18.6 Å². The van der Waals surface area contributed by atoms with E-state index in [1.807, 2.05) is 6.92 Å². The van der Waals surface area contributed by atoms with Crippen LogP contribution in [-0.4, -0.2) is 59.1 Å². The summed E-state index contributed by atoms with van der Waals surface area (Å²) >= 11 is 0. The van der Waals surface area contributed by atoms with Crippen LogP contribution in [-0.2, 0) is 6.54 Å². The monoisotopic (exact) mass is 392 g/mol. The standard InChI is InChI=1S/C19H26F2N6O/c1-4-17(15-6-5-14(20)11-16(15)21)26-7-9-27(10-8-26)19(22-3)23-12-18-24-13(2)28-25-18/h5-6,11,17H,4,7-10,12H2,1-3H3,(H,22,23). The van der Waals surface area contributed by atoms with Crippen molar-refractivity contribution in [3.63, 3.8) is 0 Å². The second kappa shape index (κ2) is 9.09. The van der Waals surface area contributed by atoms with Gasteiger partial charge in [-0.15, -0.1) is 0 Å². The smallest absolute Gasteiger partial charge is 0.223 e. The molecule has 0 aliphatic carbocycles. The molecule has 1 aliphatic rings. The lowest BCUT2D eigenvalue weighted by atomic mass is 10.0. The zero-order valence-corrected chi connectivity index (χ0v) is 16.5. The van der Waals surface area contributed by atoms with E-state index in [0.717, 1.165) is 44.6 Å². The zero-order valence-electron chi connectivity index (χ0n) is 16.5. The molecule has 1 aromatic heterocycles. The molecule has 152 valence electrons. The Bertz CT molecular complexity index is 817. The number of guanidine groups is 1. The second-order valence-corrected chi connectivity index (χ2v) is 6.74. The molecule has 1 N–H and O–H groups in total. The number of hydrogen-bond acceptors (Lipinski definition) is 5. The molecular formula is C19H26F2N6O. The summed E-state index contributed by atoms with van der Waals surface area (Å²) < 4.78 is 32.4. The highest BCUT2D eigenvalue weighted by molar-refractivity contribution is 5.79. The van der Waals surface area contributed by atoms with Crippen molar-refractivity contribution in [3.05, 3.63) is 47.1 Å². The molecule has 1 aliphatic heterocycles. The molecule has 1 saturated heterocycles. The van der Waals surface area contributed by atoms with Gasteiger partial charge in [0.2, 0.25) is 5.89 Å². The van der Waals surface area contributed by atoms with Crippen LogP contribution in [0.5, 0.6) is 0 Å². The van der Waals surface area contributed by atoms with E-state index < -0.39 is 11.6 Å². The Morgan fingerprint density at radius 1 is 1.29 bits per heavy atom. The van der Waals surface area contributed by atoms with Crippen molar-refractivity contribution in [1.82, 2.24) is 25.3 Å². The Kier molecular flexibility index (Phi) is 6.56. The number of nitrogens with zero attached hydrogens (tertiary/aromatic N) is 5. The molecule has 0 radical (unpaired) electrons. The molecule has 1 aromatic carbocycles. The molecule has 1 fully saturated rings. The largest absolute Gasteiger partial charge is 0.349 e. The van der Waals surface area contributed by atoms with Gasteiger partial charge in [-0.05, 0) is 12.5 Å². The van der Waals surface area contributed by atoms with Crippen molar-refractivity contribution in [3.8, 4) is 0 Å². The average Bonchev–Trinajstić information content (AvgIpc) is 3.11. The van der Waals surface area contributed by atoms with E-state index in [1.54, 1.807) is 20.0 Å². The minimum atomic E-state index is -0.549. The van der Waals surface area contributed by atoms with Crippen LogP contribution in [0.15, 0.2) is 27.7 Å². The molecule has 0 spiro atoms. The molecule has 7 nitrogen and oxygen atoms in total. The number of halogens is 2. The fourth-order valence-electron chi connectivity index (χ4n) is 3.60. The summed E-state index contributed by atoms with van der Waals surface area (Å²) in [4.78, 5) is 12.9. The Balaban J connectivity index is 1.58. The van der Waals surface area contributed by atoms with Crippen LogP contribution in [0.25, 0.3) is 0 Å². The highest BCUT2D eigenvalue weighted by Gasteiger charge is 2.27. The van der Waals surface area contributed by atoms with Gasteiger partial charge in [0.1, 0.15) is 11.6 Å². The van der Waals surface area contributed by atoms with Crippen molar-refractivity contribution in [2.75, 3.05) is 33.2 Å². The quantitative estimate of drug-likeness (QED) is 0.623. The third-order valence-electron chi connectivity index (χ3n) is 4.95. The van der Waals surface area contributed by atoms with Crippen LogP contribution in [0.3, 0.4) is 0 Å². The van der Waals surface area contributed by atoms with Crippen molar-refractivity contribution < 1.29 is 13.3 Å². The topological polar surface area (TPSA) is 69.8 Å². The minimum absolute atomic E-state index is 0.0694. The molecule has 2 heterocycles. The lowest BCUT2D eigenvalue weighted by Crippen LogP contribution is -2.53. The molecule has 1 atom stereocenters. The van der Waals surface area contributed by atoms with Crippen LogP contribution in [0.2, 0.25) is 0 Å². The molecule has 1 unspecified atom stereocenters. The molecule has 0 saturated carbocycles. The molecule has 0 bridgehead atoms. The minimum Gasteiger partial charge on any atom is -0.349 e. The molecule has 0 amide bonds. The number of aryl methyl sites for hydroxylation is 1. The van der Waals surface area contributed by atoms with Gasteiger partial charge >= 0.3 is 0 Å². The van der Waals surface area contributed by atoms with E-state index in [9.17, 15) is 8.78 Å². The molecular weight excluding hydrogens is 366 g/mol. The number of aliphatic imine (C=N–C) groups is 1. The SMILES string of the molecule is CCC(c1ccc(F)cc1F)N1CCN(C(=NC)NCc2noc(C)n2)CC1. The first kappa shape index (κ1) is 20.2. The summed E-state index contributed by atoms with van der Waals surface area (Å²) in [6, 6.07) is 3.76. The number of nitrogens with one attached hydrogen (secondary N) is 1. The maximum atomic E-state index is 14.2. The number of benzene rings is 1. The Morgan fingerprint density at radius 2 is 2.04 bits per heavy atom. The van der Waals surface area contributed by atoms with E-state index >= 15 is 0 Å². The van der Waals surface area contributed by atoms with Gasteiger partial charge in [0.15, 0.2) is 11.8 Å². The van der Waals surface area contributed by atoms with E-state index in [-0.39, 0.29) is 6.04 Å². The van der Waals surface area contributed by atoms with Gasteiger partial charge in [0, 0.05) is 57.8 Å². The molecule has 9 heteroatoms. The highest BCUT2D eigenvalue weighted by atomic mass is 19.1. The van der Waals surface area contributed by atoms with Gasteiger partial charge in [-0.1, -0.05) is 18.1 Å². The number of hydrogen-bond donors (Lipinski definition) is 1. The van der Waals surface area contributed by atoms with Gasteiger partial charge in [0.05, 0.1) is 6.54 Å². The van der Waals surface area contributed by atoms with Crippen LogP contribution < -0.4 is 5.32 Å². The van der Waals surface area contributed by atoms with E-state index in [2.05, 4.69) is 30.2 Å². The van der Waals surface area contributed by atoms with E-state index in [1.165, 1.54) is 6.07 Å². The van der Waals surface area contributed by atoms with Gasteiger partial charge in [0.25, 0.3) is 0 Å². The fourth-order valence-corrected chi connectivity index (χ4v) is 3.60. The summed E-state index contributed by atoms with van der Waals surface area (Å²) in [5.74, 6) is 0.840. The first-order valence-electron chi connectivity index (χ1n) is 9.45. The average molecular weight is 392 g/mol. The lowest BCUT2D eigenvalue weighted by molar-refractivity contribution is 0.124. The molecule has 3 rings (SSSR count). The van der Waals surface area contributed by atoms with Gasteiger partial charge in [-0.2, -0.15) is 4.98 Å². The number of rotatable bonds is 5. The van der Waals surface area contributed by atoms with Crippen molar-refractivity contribution in [2.45, 2.75) is 32.9 Å². The first-order chi connectivity index (χ1) is 13.5. The van der Waals surface area contributed by atoms with Crippen LogP contribution in [0.4, 0.5) is 8.78 Å². The fraction of sp³-hybridized carbons (Fsp3) is 0.526. The summed E-state index contributed by atoms with van der Waals surface area (Å²) in [7, 11) is 1.74. The van der Waals surface area contributed by atoms with Gasteiger partial charge < -0.3 is 14.7 Å². The Morgan fingerprint density at radius 3 is 2.61 bits per heavy atom. The predicted molar refractivity (Wildman–Crippen MR) is 102 cm³/mol. The van der Waals surface area contributed by atoms with Crippen molar-refractivity contribution in [2.24, 2.45) is 4.99 Å². The van der Waals surface area contributed by atoms with Gasteiger partial charge in [-0.3, -0.25) is 9.89 Å². The van der Waals surface area contributed by atoms with Gasteiger partial charge in [-0.25, -0.2) is 8.78 Å². The van der Waals surface area contributed by atoms with E-state index in [4.69, 9.17) is 4.52 Å². The predicted octanol–water partition coefficient (Wildman–Crippen LogP) is 2.50. The van der Waals surface area contributed by atoms with Crippen molar-refractivity contribution >= 4 is 5.96 Å². The first-order valence-corrected chi connectivity index (χ1v) is 9.45. The van der Waals surface area contributed by atoms with Crippen molar-refractivity contribution in [1.29, 1.82) is 0 Å². The maximum Gasteiger partial charge on any atom is 0.223 e. The Labute approximate surface area is 163 Å². The second-order valence-electron chi connectivity index (χ2n) is 6.74. The third kappa shape index (κ3) is 4.64. The highest BCUT2D eigenvalue weighted by Crippen LogP contribution is 2.28.